The first-order valence-electron chi connectivity index (χ1n) is 14.5. The first-order valence-corrected chi connectivity index (χ1v) is 14.9. The van der Waals surface area contributed by atoms with Crippen molar-refractivity contribution in [2.45, 2.75) is 32.2 Å². The molecule has 0 radical (unpaired) electrons. The van der Waals surface area contributed by atoms with Crippen molar-refractivity contribution in [2.24, 2.45) is 0 Å². The maximum atomic E-state index is 13.7. The fourth-order valence-corrected chi connectivity index (χ4v) is 5.97. The van der Waals surface area contributed by atoms with Gasteiger partial charge in [0.05, 0.1) is 29.3 Å². The highest BCUT2D eigenvalue weighted by Gasteiger charge is 2.39. The lowest BCUT2D eigenvalue weighted by molar-refractivity contribution is -0.137. The summed E-state index contributed by atoms with van der Waals surface area (Å²) in [6, 6.07) is 10.1. The second-order valence-electron chi connectivity index (χ2n) is 10.6. The number of tetrazole rings is 1. The standard InChI is InChI=1S/C29H31ClN8O6/c1-2-26(40)44-27-22(35-11-10-34(17-25(35)39)20-8-14-43-15-9-20)4-3-5-23(27)36-12-13-37(29(42)28(36)41)24-16-19(30)6-7-21(24)38-18-31-32-33-38/h3-7,16,18,20H,2,8-15,17H2,1H3. The zero-order chi connectivity index (χ0) is 30.8. The van der Waals surface area contributed by atoms with Crippen LogP contribution in [0.4, 0.5) is 17.1 Å². The number of halogens is 1. The molecule has 3 amide bonds. The van der Waals surface area contributed by atoms with Gasteiger partial charge < -0.3 is 19.3 Å². The molecule has 0 N–H and O–H groups in total. The smallest absolute Gasteiger partial charge is 0.317 e. The van der Waals surface area contributed by atoms with E-state index in [4.69, 9.17) is 21.1 Å². The summed E-state index contributed by atoms with van der Waals surface area (Å²) in [5.74, 6) is -2.25. The third kappa shape index (κ3) is 5.75. The zero-order valence-corrected chi connectivity index (χ0v) is 24.9. The quantitative estimate of drug-likeness (QED) is 0.217. The van der Waals surface area contributed by atoms with Gasteiger partial charge >= 0.3 is 17.8 Å². The van der Waals surface area contributed by atoms with Crippen LogP contribution in [0.5, 0.6) is 5.75 Å². The number of carbonyl (C=O) groups excluding carboxylic acids is 4. The summed E-state index contributed by atoms with van der Waals surface area (Å²) in [5, 5.41) is 11.6. The highest BCUT2D eigenvalue weighted by molar-refractivity contribution is 6.46. The van der Waals surface area contributed by atoms with Crippen molar-refractivity contribution in [1.82, 2.24) is 25.1 Å². The van der Waals surface area contributed by atoms with Gasteiger partial charge in [0.2, 0.25) is 5.91 Å². The molecular weight excluding hydrogens is 592 g/mol. The molecule has 6 rings (SSSR count). The Morgan fingerprint density at radius 1 is 0.932 bits per heavy atom. The van der Waals surface area contributed by atoms with E-state index in [9.17, 15) is 19.2 Å². The average Bonchev–Trinajstić information content (AvgIpc) is 3.58. The van der Waals surface area contributed by atoms with Crippen LogP contribution in [0.3, 0.4) is 0 Å². The zero-order valence-electron chi connectivity index (χ0n) is 24.1. The number of hydrogen-bond donors (Lipinski definition) is 0. The molecule has 0 unspecified atom stereocenters. The number of amides is 3. The Kier molecular flexibility index (Phi) is 8.55. The molecular formula is C29H31ClN8O6. The topological polar surface area (TPSA) is 143 Å². The molecule has 1 aromatic heterocycles. The van der Waals surface area contributed by atoms with E-state index in [-0.39, 0.29) is 49.4 Å². The van der Waals surface area contributed by atoms with Gasteiger partial charge in [0, 0.05) is 56.9 Å². The lowest BCUT2D eigenvalue weighted by atomic mass is 10.1. The highest BCUT2D eigenvalue weighted by Crippen LogP contribution is 2.41. The number of nitrogens with zero attached hydrogens (tertiary/aromatic N) is 8. The SMILES string of the molecule is CCC(=O)Oc1c(N2CCN(C3CCOCC3)CC2=O)cccc1N1CCN(c2cc(Cl)ccc2-n2cnnn2)C(=O)C1=O. The molecule has 3 aliphatic rings. The van der Waals surface area contributed by atoms with Crippen molar-refractivity contribution in [1.29, 1.82) is 0 Å². The molecule has 0 aliphatic carbocycles. The third-order valence-electron chi connectivity index (χ3n) is 8.06. The summed E-state index contributed by atoms with van der Waals surface area (Å²) in [7, 11) is 0. The maximum Gasteiger partial charge on any atom is 0.317 e. The second kappa shape index (κ2) is 12.7. The number of hydrogen-bond acceptors (Lipinski definition) is 10. The van der Waals surface area contributed by atoms with Crippen LogP contribution in [-0.2, 0) is 23.9 Å². The highest BCUT2D eigenvalue weighted by atomic mass is 35.5. The van der Waals surface area contributed by atoms with E-state index in [1.165, 1.54) is 20.8 Å². The van der Waals surface area contributed by atoms with E-state index in [0.717, 1.165) is 12.8 Å². The lowest BCUT2D eigenvalue weighted by Gasteiger charge is -2.41. The van der Waals surface area contributed by atoms with Gasteiger partial charge in [0.25, 0.3) is 0 Å². The molecule has 0 saturated carbocycles. The van der Waals surface area contributed by atoms with Gasteiger partial charge in [0.15, 0.2) is 5.75 Å². The fourth-order valence-electron chi connectivity index (χ4n) is 5.81. The van der Waals surface area contributed by atoms with Crippen LogP contribution in [0.15, 0.2) is 42.7 Å². The normalized spacial score (nSPS) is 18.7. The van der Waals surface area contributed by atoms with Crippen LogP contribution in [0.2, 0.25) is 5.02 Å². The summed E-state index contributed by atoms with van der Waals surface area (Å²) >= 11 is 6.26. The van der Waals surface area contributed by atoms with E-state index in [1.807, 2.05) is 0 Å². The molecule has 3 aromatic rings. The van der Waals surface area contributed by atoms with Gasteiger partial charge in [-0.25, -0.2) is 0 Å². The van der Waals surface area contributed by atoms with E-state index < -0.39 is 17.8 Å². The average molecular weight is 623 g/mol. The molecule has 15 heteroatoms. The van der Waals surface area contributed by atoms with Gasteiger partial charge in [-0.3, -0.25) is 29.0 Å². The minimum atomic E-state index is -0.833. The predicted octanol–water partition coefficient (Wildman–Crippen LogP) is 1.84. The van der Waals surface area contributed by atoms with Crippen LogP contribution in [0.25, 0.3) is 5.69 Å². The summed E-state index contributed by atoms with van der Waals surface area (Å²) in [4.78, 5) is 59.7. The number of piperazine rings is 2. The van der Waals surface area contributed by atoms with E-state index in [0.29, 0.717) is 48.4 Å². The Bertz CT molecular complexity index is 1580. The second-order valence-corrected chi connectivity index (χ2v) is 11.0. The van der Waals surface area contributed by atoms with E-state index >= 15 is 0 Å². The minimum Gasteiger partial charge on any atom is -0.422 e. The van der Waals surface area contributed by atoms with Gasteiger partial charge in [0.1, 0.15) is 6.33 Å². The largest absolute Gasteiger partial charge is 0.422 e. The van der Waals surface area contributed by atoms with Gasteiger partial charge in [-0.15, -0.1) is 5.10 Å². The number of benzene rings is 2. The van der Waals surface area contributed by atoms with Crippen molar-refractivity contribution in [3.8, 4) is 11.4 Å². The maximum absolute atomic E-state index is 13.7. The van der Waals surface area contributed by atoms with Crippen LogP contribution in [-0.4, -0.2) is 101 Å². The molecule has 0 spiro atoms. The number of para-hydroxylation sites is 1. The number of rotatable bonds is 7. The Balaban J connectivity index is 1.29. The Hall–Kier alpha value is -4.40. The van der Waals surface area contributed by atoms with Crippen molar-refractivity contribution in [3.05, 3.63) is 47.7 Å². The summed E-state index contributed by atoms with van der Waals surface area (Å²) < 4.78 is 12.6. The summed E-state index contributed by atoms with van der Waals surface area (Å²) in [6.07, 6.45) is 3.20. The van der Waals surface area contributed by atoms with Crippen molar-refractivity contribution in [3.63, 3.8) is 0 Å². The van der Waals surface area contributed by atoms with Crippen molar-refractivity contribution >= 4 is 52.4 Å². The molecule has 44 heavy (non-hydrogen) atoms. The van der Waals surface area contributed by atoms with E-state index in [2.05, 4.69) is 20.4 Å². The molecule has 0 bridgehead atoms. The van der Waals surface area contributed by atoms with Gasteiger partial charge in [-0.05, 0) is 53.6 Å². The number of esters is 1. The molecule has 3 aliphatic heterocycles. The molecule has 230 valence electrons. The van der Waals surface area contributed by atoms with Crippen LogP contribution in [0.1, 0.15) is 26.2 Å². The van der Waals surface area contributed by atoms with E-state index in [1.54, 1.807) is 48.2 Å². The van der Waals surface area contributed by atoms with Gasteiger partial charge in [-0.1, -0.05) is 24.6 Å². The molecule has 3 fully saturated rings. The number of carbonyl (C=O) groups is 4. The fraction of sp³-hybridized carbons (Fsp3) is 0.414. The predicted molar refractivity (Wildman–Crippen MR) is 159 cm³/mol. The molecule has 14 nitrogen and oxygen atoms in total. The first kappa shape index (κ1) is 29.7. The number of aromatic nitrogens is 4. The Labute approximate surface area is 258 Å². The Morgan fingerprint density at radius 2 is 1.61 bits per heavy atom. The number of anilines is 3. The van der Waals surface area contributed by atoms with Crippen molar-refractivity contribution < 1.29 is 28.7 Å². The van der Waals surface area contributed by atoms with Crippen molar-refractivity contribution in [2.75, 3.05) is 60.6 Å². The van der Waals surface area contributed by atoms with Gasteiger partial charge in [-0.2, -0.15) is 4.68 Å². The molecule has 3 saturated heterocycles. The van der Waals surface area contributed by atoms with Crippen LogP contribution < -0.4 is 19.4 Å². The van der Waals surface area contributed by atoms with Crippen LogP contribution >= 0.6 is 11.6 Å². The molecule has 4 heterocycles. The molecule has 2 aromatic carbocycles. The third-order valence-corrected chi connectivity index (χ3v) is 8.30. The monoisotopic (exact) mass is 622 g/mol. The molecule has 0 atom stereocenters. The number of ether oxygens (including phenoxy) is 2. The Morgan fingerprint density at radius 3 is 2.27 bits per heavy atom. The first-order chi connectivity index (χ1) is 21.4. The minimum absolute atomic E-state index is 0.0685. The van der Waals surface area contributed by atoms with Crippen LogP contribution in [0, 0.1) is 0 Å². The lowest BCUT2D eigenvalue weighted by Crippen LogP contribution is -2.55. The summed E-state index contributed by atoms with van der Waals surface area (Å²) in [5.41, 5.74) is 1.43. The summed E-state index contributed by atoms with van der Waals surface area (Å²) in [6.45, 7) is 4.43.